The molecule has 5 heteroatoms. The molecule has 0 N–H and O–H groups in total. The lowest BCUT2D eigenvalue weighted by atomic mass is 10.0. The highest BCUT2D eigenvalue weighted by molar-refractivity contribution is 5.78. The summed E-state index contributed by atoms with van der Waals surface area (Å²) in [6.45, 7) is 4.50. The Morgan fingerprint density at radius 3 is 1.21 bits per heavy atom. The first-order chi connectivity index (χ1) is 11.6. The van der Waals surface area contributed by atoms with Gasteiger partial charge >= 0.3 is 11.9 Å². The number of carbonyl (C=O) groups is 3. The fourth-order valence-electron chi connectivity index (χ4n) is 2.48. The van der Waals surface area contributed by atoms with Crippen molar-refractivity contribution in [3.63, 3.8) is 0 Å². The molecule has 0 fully saturated rings. The summed E-state index contributed by atoms with van der Waals surface area (Å²) in [7, 11) is 0. The number of hydrogen-bond donors (Lipinski definition) is 0. The number of ether oxygens (including phenoxy) is 2. The molecule has 0 aliphatic rings. The molecule has 0 bridgehead atoms. The average molecular weight is 342 g/mol. The maximum Gasteiger partial charge on any atom is 0.305 e. The number of unbranched alkanes of at least 4 members (excludes halogenated alkanes) is 6. The highest BCUT2D eigenvalue weighted by Crippen LogP contribution is 2.11. The van der Waals surface area contributed by atoms with Crippen LogP contribution in [0.4, 0.5) is 0 Å². The lowest BCUT2D eigenvalue weighted by Gasteiger charge is -2.03. The van der Waals surface area contributed by atoms with Crippen LogP contribution in [-0.4, -0.2) is 30.9 Å². The van der Waals surface area contributed by atoms with E-state index < -0.39 is 0 Å². The minimum Gasteiger partial charge on any atom is -0.466 e. The minimum atomic E-state index is -0.128. The Hall–Kier alpha value is -1.39. The van der Waals surface area contributed by atoms with Gasteiger partial charge in [-0.1, -0.05) is 25.7 Å². The van der Waals surface area contributed by atoms with Crippen LogP contribution in [0.5, 0.6) is 0 Å². The van der Waals surface area contributed by atoms with Crippen LogP contribution in [0.1, 0.15) is 90.9 Å². The first kappa shape index (κ1) is 22.6. The average Bonchev–Trinajstić information content (AvgIpc) is 2.54. The number of ketones is 1. The normalized spacial score (nSPS) is 10.4. The van der Waals surface area contributed by atoms with Crippen LogP contribution in [0.2, 0.25) is 0 Å². The number of hydrogen-bond acceptors (Lipinski definition) is 5. The molecule has 0 aliphatic heterocycles. The molecule has 0 aromatic heterocycles. The predicted octanol–water partition coefficient (Wildman–Crippen LogP) is 4.36. The van der Waals surface area contributed by atoms with Gasteiger partial charge in [0.05, 0.1) is 13.2 Å². The Bertz CT molecular complexity index is 320. The third kappa shape index (κ3) is 15.5. The molecule has 140 valence electrons. The third-order valence-corrected chi connectivity index (χ3v) is 3.78. The van der Waals surface area contributed by atoms with Crippen LogP contribution in [0.3, 0.4) is 0 Å². The second-order valence-electron chi connectivity index (χ2n) is 5.98. The molecule has 0 atom stereocenters. The first-order valence-corrected chi connectivity index (χ1v) is 9.43. The van der Waals surface area contributed by atoms with Gasteiger partial charge in [-0.15, -0.1) is 0 Å². The SMILES string of the molecule is CCOC(=O)CCCCCCC(=O)CCCCCCC(=O)OCC. The maximum atomic E-state index is 11.7. The van der Waals surface area contributed by atoms with E-state index in [9.17, 15) is 14.4 Å². The Labute approximate surface area is 146 Å². The fraction of sp³-hybridized carbons (Fsp3) is 0.842. The molecule has 0 aromatic rings. The number of rotatable bonds is 16. The molecule has 0 aliphatic carbocycles. The summed E-state index contributed by atoms with van der Waals surface area (Å²) in [5, 5.41) is 0. The van der Waals surface area contributed by atoms with Gasteiger partial charge in [0.2, 0.25) is 0 Å². The molecule has 0 unspecified atom stereocenters. The van der Waals surface area contributed by atoms with E-state index in [2.05, 4.69) is 0 Å². The van der Waals surface area contributed by atoms with E-state index in [1.807, 2.05) is 13.8 Å². The summed E-state index contributed by atoms with van der Waals surface area (Å²) in [6.07, 6.45) is 9.66. The van der Waals surface area contributed by atoms with Crippen LogP contribution >= 0.6 is 0 Å². The van der Waals surface area contributed by atoms with E-state index in [4.69, 9.17) is 9.47 Å². The lowest BCUT2D eigenvalue weighted by Crippen LogP contribution is -2.03. The molecule has 0 radical (unpaired) electrons. The smallest absolute Gasteiger partial charge is 0.305 e. The maximum absolute atomic E-state index is 11.7. The zero-order valence-corrected chi connectivity index (χ0v) is 15.4. The first-order valence-electron chi connectivity index (χ1n) is 9.43. The van der Waals surface area contributed by atoms with E-state index in [1.54, 1.807) is 0 Å². The summed E-state index contributed by atoms with van der Waals surface area (Å²) >= 11 is 0. The molecule has 0 saturated carbocycles. The van der Waals surface area contributed by atoms with Gasteiger partial charge in [-0.25, -0.2) is 0 Å². The number of esters is 2. The van der Waals surface area contributed by atoms with E-state index in [-0.39, 0.29) is 11.9 Å². The number of carbonyl (C=O) groups excluding carboxylic acids is 3. The van der Waals surface area contributed by atoms with Crippen molar-refractivity contribution in [2.75, 3.05) is 13.2 Å². The van der Waals surface area contributed by atoms with Gasteiger partial charge in [0.1, 0.15) is 5.78 Å². The standard InChI is InChI=1S/C19H34O5/c1-3-23-18(21)15-11-7-5-9-13-17(20)14-10-6-8-12-16-19(22)24-4-2/h3-16H2,1-2H3. The van der Waals surface area contributed by atoms with E-state index >= 15 is 0 Å². The molecular weight excluding hydrogens is 308 g/mol. The Morgan fingerprint density at radius 1 is 0.542 bits per heavy atom. The van der Waals surface area contributed by atoms with Crippen LogP contribution in [0, 0.1) is 0 Å². The summed E-state index contributed by atoms with van der Waals surface area (Å²) in [5.41, 5.74) is 0. The van der Waals surface area contributed by atoms with Gasteiger partial charge in [0, 0.05) is 25.7 Å². The Balaban J connectivity index is 3.32. The zero-order chi connectivity index (χ0) is 18.0. The third-order valence-electron chi connectivity index (χ3n) is 3.78. The van der Waals surface area contributed by atoms with Crippen molar-refractivity contribution in [1.29, 1.82) is 0 Å². The molecule has 24 heavy (non-hydrogen) atoms. The van der Waals surface area contributed by atoms with E-state index in [1.165, 1.54) is 0 Å². The fourth-order valence-corrected chi connectivity index (χ4v) is 2.48. The van der Waals surface area contributed by atoms with Crippen molar-refractivity contribution >= 4 is 17.7 Å². The molecule has 5 nitrogen and oxygen atoms in total. The van der Waals surface area contributed by atoms with Gasteiger partial charge in [-0.3, -0.25) is 14.4 Å². The Kier molecular flexibility index (Phi) is 15.5. The molecule has 0 saturated heterocycles. The summed E-state index contributed by atoms with van der Waals surface area (Å²) < 4.78 is 9.73. The van der Waals surface area contributed by atoms with Crippen LogP contribution in [-0.2, 0) is 23.9 Å². The summed E-state index contributed by atoms with van der Waals surface area (Å²) in [4.78, 5) is 34.0. The summed E-state index contributed by atoms with van der Waals surface area (Å²) in [6, 6.07) is 0. The minimum absolute atomic E-state index is 0.128. The van der Waals surface area contributed by atoms with Crippen LogP contribution in [0.25, 0.3) is 0 Å². The molecule has 0 amide bonds. The largest absolute Gasteiger partial charge is 0.466 e. The topological polar surface area (TPSA) is 69.7 Å². The summed E-state index contributed by atoms with van der Waals surface area (Å²) in [5.74, 6) is 0.0684. The highest BCUT2D eigenvalue weighted by atomic mass is 16.5. The lowest BCUT2D eigenvalue weighted by molar-refractivity contribution is -0.144. The van der Waals surface area contributed by atoms with E-state index in [0.717, 1.165) is 51.4 Å². The predicted molar refractivity (Wildman–Crippen MR) is 93.7 cm³/mol. The zero-order valence-electron chi connectivity index (χ0n) is 15.4. The van der Waals surface area contributed by atoms with Gasteiger partial charge in [0.15, 0.2) is 0 Å². The van der Waals surface area contributed by atoms with Crippen molar-refractivity contribution in [3.8, 4) is 0 Å². The van der Waals surface area contributed by atoms with Crippen molar-refractivity contribution in [2.24, 2.45) is 0 Å². The van der Waals surface area contributed by atoms with Gasteiger partial charge in [0.25, 0.3) is 0 Å². The van der Waals surface area contributed by atoms with Crippen molar-refractivity contribution in [2.45, 2.75) is 90.9 Å². The van der Waals surface area contributed by atoms with E-state index in [0.29, 0.717) is 44.7 Å². The molecule has 0 rings (SSSR count). The van der Waals surface area contributed by atoms with Gasteiger partial charge < -0.3 is 9.47 Å². The molecule has 0 spiro atoms. The Morgan fingerprint density at radius 2 is 0.875 bits per heavy atom. The van der Waals surface area contributed by atoms with Crippen LogP contribution in [0.15, 0.2) is 0 Å². The highest BCUT2D eigenvalue weighted by Gasteiger charge is 2.04. The molecule has 0 aromatic carbocycles. The van der Waals surface area contributed by atoms with Crippen LogP contribution < -0.4 is 0 Å². The monoisotopic (exact) mass is 342 g/mol. The van der Waals surface area contributed by atoms with Crippen molar-refractivity contribution < 1.29 is 23.9 Å². The second kappa shape index (κ2) is 16.5. The quantitative estimate of drug-likeness (QED) is 0.308. The van der Waals surface area contributed by atoms with Crippen molar-refractivity contribution in [1.82, 2.24) is 0 Å². The number of Topliss-reactive ketones (excluding diaryl/α,β-unsaturated/α-hetero) is 1. The molecular formula is C19H34O5. The van der Waals surface area contributed by atoms with Gasteiger partial charge in [-0.2, -0.15) is 0 Å². The van der Waals surface area contributed by atoms with Gasteiger partial charge in [-0.05, 0) is 39.5 Å². The molecule has 0 heterocycles. The van der Waals surface area contributed by atoms with Crippen molar-refractivity contribution in [3.05, 3.63) is 0 Å². The second-order valence-corrected chi connectivity index (χ2v) is 5.98.